The SMILES string of the molecule is COc1cc([C@@H]2[C@H](Cl)C(=O)N2NC(=O)c2ccc(N)cc2)ccc1O. The highest BCUT2D eigenvalue weighted by Gasteiger charge is 2.48. The number of phenols is 1. The summed E-state index contributed by atoms with van der Waals surface area (Å²) in [6.07, 6.45) is 0. The Morgan fingerprint density at radius 3 is 2.60 bits per heavy atom. The van der Waals surface area contributed by atoms with E-state index in [9.17, 15) is 14.7 Å². The molecule has 0 saturated carbocycles. The number of phenolic OH excluding ortho intramolecular Hbond substituents is 1. The molecule has 0 bridgehead atoms. The Bertz CT molecular complexity index is 825. The number of β-lactam (4-membered cyclic amide) rings is 1. The summed E-state index contributed by atoms with van der Waals surface area (Å²) >= 11 is 6.12. The molecule has 1 saturated heterocycles. The first kappa shape index (κ1) is 16.9. The van der Waals surface area contributed by atoms with Crippen LogP contribution in [0.1, 0.15) is 22.0 Å². The molecule has 2 aromatic rings. The smallest absolute Gasteiger partial charge is 0.269 e. The number of hydrogen-bond acceptors (Lipinski definition) is 5. The number of anilines is 1. The zero-order valence-corrected chi connectivity index (χ0v) is 14.0. The Balaban J connectivity index is 1.81. The molecule has 3 rings (SSSR count). The number of carbonyl (C=O) groups is 2. The Kier molecular flexibility index (Phi) is 4.41. The van der Waals surface area contributed by atoms with Gasteiger partial charge in [0.25, 0.3) is 11.8 Å². The molecule has 0 aromatic heterocycles. The molecule has 0 spiro atoms. The summed E-state index contributed by atoms with van der Waals surface area (Å²) in [7, 11) is 1.42. The molecular formula is C17H16ClN3O4. The lowest BCUT2D eigenvalue weighted by molar-refractivity contribution is -0.149. The second kappa shape index (κ2) is 6.52. The molecule has 1 heterocycles. The quantitative estimate of drug-likeness (QED) is 0.437. The van der Waals surface area contributed by atoms with Gasteiger partial charge in [0, 0.05) is 11.3 Å². The highest BCUT2D eigenvalue weighted by Crippen LogP contribution is 2.40. The van der Waals surface area contributed by atoms with E-state index in [1.54, 1.807) is 36.4 Å². The Labute approximate surface area is 148 Å². The van der Waals surface area contributed by atoms with Crippen LogP contribution in [0, 0.1) is 0 Å². The minimum atomic E-state index is -0.819. The third-order valence-corrected chi connectivity index (χ3v) is 4.39. The summed E-state index contributed by atoms with van der Waals surface area (Å²) in [5.41, 5.74) is 9.67. The number of ether oxygens (including phenoxy) is 1. The van der Waals surface area contributed by atoms with E-state index < -0.39 is 23.2 Å². The number of hydrazine groups is 1. The van der Waals surface area contributed by atoms with E-state index in [1.807, 2.05) is 0 Å². The minimum absolute atomic E-state index is 0.0273. The molecule has 2 atom stereocenters. The molecule has 0 aliphatic carbocycles. The van der Waals surface area contributed by atoms with Gasteiger partial charge in [-0.25, -0.2) is 5.01 Å². The van der Waals surface area contributed by atoms with E-state index in [-0.39, 0.29) is 11.5 Å². The van der Waals surface area contributed by atoms with Gasteiger partial charge in [-0.3, -0.25) is 15.0 Å². The van der Waals surface area contributed by atoms with Crippen molar-refractivity contribution in [3.63, 3.8) is 0 Å². The van der Waals surface area contributed by atoms with E-state index in [1.165, 1.54) is 18.2 Å². The van der Waals surface area contributed by atoms with Crippen LogP contribution < -0.4 is 15.9 Å². The van der Waals surface area contributed by atoms with Crippen molar-refractivity contribution in [2.75, 3.05) is 12.8 Å². The van der Waals surface area contributed by atoms with Gasteiger partial charge in [-0.2, -0.15) is 0 Å². The van der Waals surface area contributed by atoms with Crippen LogP contribution in [0.2, 0.25) is 0 Å². The van der Waals surface area contributed by atoms with Gasteiger partial charge < -0.3 is 15.6 Å². The third-order valence-electron chi connectivity index (χ3n) is 3.97. The number of hydrogen-bond donors (Lipinski definition) is 3. The number of alkyl halides is 1. The molecule has 0 unspecified atom stereocenters. The lowest BCUT2D eigenvalue weighted by atomic mass is 9.95. The van der Waals surface area contributed by atoms with Crippen LogP contribution >= 0.6 is 11.6 Å². The Hall–Kier alpha value is -2.93. The van der Waals surface area contributed by atoms with Gasteiger partial charge in [-0.15, -0.1) is 11.6 Å². The van der Waals surface area contributed by atoms with Crippen molar-refractivity contribution in [1.82, 2.24) is 10.4 Å². The van der Waals surface area contributed by atoms with Gasteiger partial charge in [-0.05, 0) is 42.0 Å². The first-order valence-corrected chi connectivity index (χ1v) is 7.86. The molecule has 1 fully saturated rings. The van der Waals surface area contributed by atoms with Crippen LogP contribution in [0.25, 0.3) is 0 Å². The highest BCUT2D eigenvalue weighted by atomic mass is 35.5. The molecule has 2 aromatic carbocycles. The zero-order chi connectivity index (χ0) is 18.1. The van der Waals surface area contributed by atoms with E-state index in [4.69, 9.17) is 22.1 Å². The maximum atomic E-state index is 12.3. The maximum absolute atomic E-state index is 12.3. The number of nitrogens with one attached hydrogen (secondary N) is 1. The molecule has 4 N–H and O–H groups in total. The molecule has 130 valence electrons. The summed E-state index contributed by atoms with van der Waals surface area (Å²) in [5, 5.41) is 10.0. The number of methoxy groups -OCH3 is 1. The van der Waals surface area contributed by atoms with Crippen molar-refractivity contribution in [3.05, 3.63) is 53.6 Å². The van der Waals surface area contributed by atoms with Crippen molar-refractivity contribution < 1.29 is 19.4 Å². The summed E-state index contributed by atoms with van der Waals surface area (Å²) in [6, 6.07) is 10.4. The largest absolute Gasteiger partial charge is 0.504 e. The van der Waals surface area contributed by atoms with Crippen LogP contribution in [0.3, 0.4) is 0 Å². The van der Waals surface area contributed by atoms with Crippen LogP contribution in [-0.2, 0) is 4.79 Å². The van der Waals surface area contributed by atoms with Crippen molar-refractivity contribution in [2.24, 2.45) is 0 Å². The number of nitrogen functional groups attached to an aromatic ring is 1. The lowest BCUT2D eigenvalue weighted by Crippen LogP contribution is -2.63. The number of halogens is 1. The number of amides is 2. The predicted octanol–water partition coefficient (Wildman–Crippen LogP) is 1.82. The average Bonchev–Trinajstić information content (AvgIpc) is 2.62. The topological polar surface area (TPSA) is 105 Å². The van der Waals surface area contributed by atoms with Crippen molar-refractivity contribution >= 4 is 29.1 Å². The number of rotatable bonds is 4. The van der Waals surface area contributed by atoms with Crippen molar-refractivity contribution in [2.45, 2.75) is 11.4 Å². The van der Waals surface area contributed by atoms with E-state index >= 15 is 0 Å². The number of nitrogens with two attached hydrogens (primary N) is 1. The summed E-state index contributed by atoms with van der Waals surface area (Å²) in [4.78, 5) is 24.4. The van der Waals surface area contributed by atoms with Crippen LogP contribution in [0.4, 0.5) is 5.69 Å². The Morgan fingerprint density at radius 2 is 1.96 bits per heavy atom. The number of carbonyl (C=O) groups excluding carboxylic acids is 2. The maximum Gasteiger partial charge on any atom is 0.269 e. The molecule has 8 heteroatoms. The molecule has 7 nitrogen and oxygen atoms in total. The first-order chi connectivity index (χ1) is 11.9. The fourth-order valence-electron chi connectivity index (χ4n) is 2.58. The molecule has 2 amide bonds. The molecule has 25 heavy (non-hydrogen) atoms. The van der Waals surface area contributed by atoms with Crippen molar-refractivity contribution in [1.29, 1.82) is 0 Å². The van der Waals surface area contributed by atoms with Gasteiger partial charge in [0.2, 0.25) is 0 Å². The zero-order valence-electron chi connectivity index (χ0n) is 13.3. The fraction of sp³-hybridized carbons (Fsp3) is 0.176. The molecular weight excluding hydrogens is 346 g/mol. The number of nitrogens with zero attached hydrogens (tertiary/aromatic N) is 1. The van der Waals surface area contributed by atoms with Crippen LogP contribution in [-0.4, -0.2) is 34.4 Å². The van der Waals surface area contributed by atoms with Crippen LogP contribution in [0.5, 0.6) is 11.5 Å². The van der Waals surface area contributed by atoms with Crippen molar-refractivity contribution in [3.8, 4) is 11.5 Å². The number of aromatic hydroxyl groups is 1. The minimum Gasteiger partial charge on any atom is -0.504 e. The van der Waals surface area contributed by atoms with Gasteiger partial charge in [0.15, 0.2) is 11.5 Å². The average molecular weight is 362 g/mol. The monoisotopic (exact) mass is 361 g/mol. The second-order valence-corrected chi connectivity index (χ2v) is 6.02. The van der Waals surface area contributed by atoms with Gasteiger partial charge >= 0.3 is 0 Å². The first-order valence-electron chi connectivity index (χ1n) is 7.43. The van der Waals surface area contributed by atoms with Gasteiger partial charge in [0.1, 0.15) is 11.4 Å². The third kappa shape index (κ3) is 3.06. The van der Waals surface area contributed by atoms with E-state index in [2.05, 4.69) is 5.43 Å². The predicted molar refractivity (Wildman–Crippen MR) is 92.2 cm³/mol. The summed E-state index contributed by atoms with van der Waals surface area (Å²) in [5.74, 6) is -0.638. The van der Waals surface area contributed by atoms with E-state index in [0.29, 0.717) is 16.8 Å². The molecule has 1 aliphatic rings. The van der Waals surface area contributed by atoms with Gasteiger partial charge in [-0.1, -0.05) is 6.07 Å². The summed E-state index contributed by atoms with van der Waals surface area (Å²) < 4.78 is 5.07. The van der Waals surface area contributed by atoms with Gasteiger partial charge in [0.05, 0.1) is 7.11 Å². The number of benzene rings is 2. The summed E-state index contributed by atoms with van der Waals surface area (Å²) in [6.45, 7) is 0. The van der Waals surface area contributed by atoms with E-state index in [0.717, 1.165) is 0 Å². The van der Waals surface area contributed by atoms with Crippen LogP contribution in [0.15, 0.2) is 42.5 Å². The molecule has 1 aliphatic heterocycles. The lowest BCUT2D eigenvalue weighted by Gasteiger charge is -2.44. The normalized spacial score (nSPS) is 19.3. The highest BCUT2D eigenvalue weighted by molar-refractivity contribution is 6.33. The standard InChI is InChI=1S/C17H16ClN3O4/c1-25-13-8-10(4-7-12(13)22)15-14(18)17(24)21(15)20-16(23)9-2-5-11(19)6-3-9/h2-8,14-15,22H,19H2,1H3,(H,20,23)/t14-,15+/m0/s1. The Morgan fingerprint density at radius 1 is 1.28 bits per heavy atom. The second-order valence-electron chi connectivity index (χ2n) is 5.55. The fourth-order valence-corrected chi connectivity index (χ4v) is 2.95. The molecule has 0 radical (unpaired) electrons.